The first kappa shape index (κ1) is 8.03. The van der Waals surface area contributed by atoms with Crippen LogP contribution in [0.4, 0.5) is 0 Å². The van der Waals surface area contributed by atoms with Gasteiger partial charge < -0.3 is 9.47 Å². The van der Waals surface area contributed by atoms with Gasteiger partial charge in [-0.3, -0.25) is 4.79 Å². The second-order valence-electron chi connectivity index (χ2n) is 2.63. The summed E-state index contributed by atoms with van der Waals surface area (Å²) in [5.41, 5.74) is 0. The zero-order chi connectivity index (χ0) is 8.55. The maximum absolute atomic E-state index is 11.5. The minimum atomic E-state index is 0.0423. The standard InChI is InChI=1S/C7H8IN3O/c8-5-11-4-3-10-2-1-9-6(10)7(11)12/h1-2H,3-5H2. The molecule has 0 radical (unpaired) electrons. The lowest BCUT2D eigenvalue weighted by Gasteiger charge is -2.25. The van der Waals surface area contributed by atoms with E-state index in [-0.39, 0.29) is 5.91 Å². The molecule has 2 heterocycles. The number of nitrogens with zero attached hydrogens (tertiary/aromatic N) is 3. The molecule has 2 rings (SSSR count). The van der Waals surface area contributed by atoms with Gasteiger partial charge in [-0.25, -0.2) is 4.98 Å². The van der Waals surface area contributed by atoms with Gasteiger partial charge in [0.15, 0.2) is 5.82 Å². The number of fused-ring (bicyclic) bond motifs is 1. The molecule has 0 aliphatic carbocycles. The topological polar surface area (TPSA) is 38.1 Å². The Kier molecular flexibility index (Phi) is 2.03. The molecule has 0 unspecified atom stereocenters. The van der Waals surface area contributed by atoms with Gasteiger partial charge in [0.2, 0.25) is 0 Å². The van der Waals surface area contributed by atoms with Crippen LogP contribution >= 0.6 is 22.6 Å². The Balaban J connectivity index is 2.35. The monoisotopic (exact) mass is 277 g/mol. The van der Waals surface area contributed by atoms with Crippen molar-refractivity contribution in [1.29, 1.82) is 0 Å². The fourth-order valence-electron chi connectivity index (χ4n) is 1.27. The summed E-state index contributed by atoms with van der Waals surface area (Å²) in [5, 5.41) is 0. The molecule has 0 bridgehead atoms. The third-order valence-electron chi connectivity index (χ3n) is 1.95. The molecule has 0 spiro atoms. The van der Waals surface area contributed by atoms with Gasteiger partial charge in [0.1, 0.15) is 0 Å². The number of imidazole rings is 1. The first-order valence-electron chi connectivity index (χ1n) is 3.69. The largest absolute Gasteiger partial charge is 0.325 e. The summed E-state index contributed by atoms with van der Waals surface area (Å²) in [5.74, 6) is 0.610. The van der Waals surface area contributed by atoms with E-state index < -0.39 is 0 Å². The molecule has 0 saturated carbocycles. The number of alkyl halides is 1. The van der Waals surface area contributed by atoms with E-state index in [0.29, 0.717) is 5.82 Å². The van der Waals surface area contributed by atoms with Crippen LogP contribution in [0, 0.1) is 0 Å². The second-order valence-corrected chi connectivity index (χ2v) is 3.31. The smallest absolute Gasteiger partial charge is 0.290 e. The van der Waals surface area contributed by atoms with Crippen LogP contribution in [0.2, 0.25) is 0 Å². The zero-order valence-electron chi connectivity index (χ0n) is 6.40. The normalized spacial score (nSPS) is 16.4. The van der Waals surface area contributed by atoms with Crippen molar-refractivity contribution in [1.82, 2.24) is 14.5 Å². The van der Waals surface area contributed by atoms with Crippen LogP contribution < -0.4 is 0 Å². The number of amides is 1. The van der Waals surface area contributed by atoms with E-state index in [4.69, 9.17) is 0 Å². The molecule has 1 aliphatic rings. The van der Waals surface area contributed by atoms with Gasteiger partial charge in [-0.1, -0.05) is 22.6 Å². The molecule has 12 heavy (non-hydrogen) atoms. The first-order valence-corrected chi connectivity index (χ1v) is 5.22. The molecular weight excluding hydrogens is 269 g/mol. The van der Waals surface area contributed by atoms with Crippen LogP contribution in [-0.2, 0) is 6.54 Å². The molecule has 0 saturated heterocycles. The molecular formula is C7H8IN3O. The molecule has 4 nitrogen and oxygen atoms in total. The fraction of sp³-hybridized carbons (Fsp3) is 0.429. The summed E-state index contributed by atoms with van der Waals surface area (Å²) in [4.78, 5) is 17.3. The van der Waals surface area contributed by atoms with Crippen molar-refractivity contribution in [2.45, 2.75) is 6.54 Å². The van der Waals surface area contributed by atoms with Gasteiger partial charge in [0, 0.05) is 25.5 Å². The van der Waals surface area contributed by atoms with Crippen molar-refractivity contribution in [3.8, 4) is 0 Å². The van der Waals surface area contributed by atoms with E-state index >= 15 is 0 Å². The Morgan fingerprint density at radius 2 is 2.42 bits per heavy atom. The van der Waals surface area contributed by atoms with Gasteiger partial charge in [-0.05, 0) is 0 Å². The maximum atomic E-state index is 11.5. The lowest BCUT2D eigenvalue weighted by atomic mass is 10.4. The molecule has 1 aliphatic heterocycles. The number of halogens is 1. The van der Waals surface area contributed by atoms with Crippen molar-refractivity contribution in [2.75, 3.05) is 11.1 Å². The molecule has 5 heteroatoms. The SMILES string of the molecule is O=C1c2nccn2CCN1CI. The third kappa shape index (κ3) is 1.12. The van der Waals surface area contributed by atoms with Crippen molar-refractivity contribution in [3.63, 3.8) is 0 Å². The maximum Gasteiger partial charge on any atom is 0.290 e. The van der Waals surface area contributed by atoms with Gasteiger partial charge in [0.25, 0.3) is 5.91 Å². The Hall–Kier alpha value is -0.590. The summed E-state index contributed by atoms with van der Waals surface area (Å²) >= 11 is 2.19. The van der Waals surface area contributed by atoms with E-state index in [0.717, 1.165) is 17.6 Å². The second kappa shape index (κ2) is 3.04. The zero-order valence-corrected chi connectivity index (χ0v) is 8.56. The number of carbonyl (C=O) groups is 1. The average molecular weight is 277 g/mol. The highest BCUT2D eigenvalue weighted by Crippen LogP contribution is 2.10. The fourth-order valence-corrected chi connectivity index (χ4v) is 1.92. The van der Waals surface area contributed by atoms with Crippen molar-refractivity contribution in [3.05, 3.63) is 18.2 Å². The van der Waals surface area contributed by atoms with Crippen molar-refractivity contribution < 1.29 is 4.79 Å². The summed E-state index contributed by atoms with van der Waals surface area (Å²) in [6.07, 6.45) is 3.52. The molecule has 64 valence electrons. The highest BCUT2D eigenvalue weighted by molar-refractivity contribution is 14.1. The molecule has 0 atom stereocenters. The van der Waals surface area contributed by atoms with Crippen molar-refractivity contribution in [2.24, 2.45) is 0 Å². The summed E-state index contributed by atoms with van der Waals surface area (Å²) in [6, 6.07) is 0. The Morgan fingerprint density at radius 3 is 3.17 bits per heavy atom. The first-order chi connectivity index (χ1) is 5.83. The molecule has 0 aromatic carbocycles. The van der Waals surface area contributed by atoms with Gasteiger partial charge in [-0.2, -0.15) is 0 Å². The van der Waals surface area contributed by atoms with Gasteiger partial charge in [0.05, 0.1) is 4.55 Å². The predicted molar refractivity (Wildman–Crippen MR) is 52.2 cm³/mol. The number of aromatic nitrogens is 2. The van der Waals surface area contributed by atoms with Gasteiger partial charge in [-0.15, -0.1) is 0 Å². The van der Waals surface area contributed by atoms with Gasteiger partial charge >= 0.3 is 0 Å². The van der Waals surface area contributed by atoms with Crippen LogP contribution in [0.25, 0.3) is 0 Å². The average Bonchev–Trinajstić information content (AvgIpc) is 2.53. The van der Waals surface area contributed by atoms with E-state index in [9.17, 15) is 4.79 Å². The van der Waals surface area contributed by atoms with E-state index in [1.165, 1.54) is 0 Å². The third-order valence-corrected chi connectivity index (χ3v) is 2.77. The number of rotatable bonds is 1. The minimum Gasteiger partial charge on any atom is -0.325 e. The highest BCUT2D eigenvalue weighted by Gasteiger charge is 2.23. The summed E-state index contributed by atoms with van der Waals surface area (Å²) < 4.78 is 2.63. The van der Waals surface area contributed by atoms with Crippen LogP contribution in [0.1, 0.15) is 10.6 Å². The number of carbonyl (C=O) groups excluding carboxylic acids is 1. The number of hydrogen-bond acceptors (Lipinski definition) is 2. The minimum absolute atomic E-state index is 0.0423. The summed E-state index contributed by atoms with van der Waals surface area (Å²) in [7, 11) is 0. The van der Waals surface area contributed by atoms with Crippen LogP contribution in [0.5, 0.6) is 0 Å². The van der Waals surface area contributed by atoms with Crippen LogP contribution in [-0.4, -0.2) is 31.5 Å². The molecule has 0 N–H and O–H groups in total. The Bertz CT molecular complexity index is 309. The lowest BCUT2D eigenvalue weighted by molar-refractivity contribution is 0.0737. The molecule has 0 fully saturated rings. The van der Waals surface area contributed by atoms with E-state index in [1.807, 2.05) is 10.8 Å². The molecule has 1 aromatic rings. The Labute approximate surface area is 83.7 Å². The number of hydrogen-bond donors (Lipinski definition) is 0. The Morgan fingerprint density at radius 1 is 1.58 bits per heavy atom. The highest BCUT2D eigenvalue weighted by atomic mass is 127. The van der Waals surface area contributed by atoms with E-state index in [2.05, 4.69) is 27.6 Å². The van der Waals surface area contributed by atoms with Crippen LogP contribution in [0.15, 0.2) is 12.4 Å². The summed E-state index contributed by atoms with van der Waals surface area (Å²) in [6.45, 7) is 1.66. The molecule has 1 aromatic heterocycles. The quantitative estimate of drug-likeness (QED) is 0.431. The van der Waals surface area contributed by atoms with Crippen LogP contribution in [0.3, 0.4) is 0 Å². The lowest BCUT2D eigenvalue weighted by Crippen LogP contribution is -2.39. The van der Waals surface area contributed by atoms with E-state index in [1.54, 1.807) is 11.1 Å². The van der Waals surface area contributed by atoms with Crippen molar-refractivity contribution >= 4 is 28.5 Å². The predicted octanol–water partition coefficient (Wildman–Crippen LogP) is 0.731. The molecule has 1 amide bonds.